The van der Waals surface area contributed by atoms with Crippen LogP contribution in [0.2, 0.25) is 0 Å². The van der Waals surface area contributed by atoms with Crippen molar-refractivity contribution in [2.45, 2.75) is 43.4 Å². The molecular formula is C14H21NO3S2. The molecule has 0 spiro atoms. The van der Waals surface area contributed by atoms with E-state index in [4.69, 9.17) is 5.11 Å². The van der Waals surface area contributed by atoms with Gasteiger partial charge >= 0.3 is 0 Å². The number of aliphatic hydroxyl groups excluding tert-OH is 1. The van der Waals surface area contributed by atoms with E-state index >= 15 is 0 Å². The molecule has 0 radical (unpaired) electrons. The van der Waals surface area contributed by atoms with Crippen molar-refractivity contribution >= 4 is 21.4 Å². The molecule has 3 atom stereocenters. The van der Waals surface area contributed by atoms with Crippen LogP contribution in [0.3, 0.4) is 0 Å². The monoisotopic (exact) mass is 315 g/mol. The number of aryl methyl sites for hydroxylation is 1. The molecule has 0 saturated heterocycles. The van der Waals surface area contributed by atoms with Crippen LogP contribution in [0.4, 0.5) is 0 Å². The fourth-order valence-electron chi connectivity index (χ4n) is 3.69. The molecule has 1 aromatic rings. The first-order chi connectivity index (χ1) is 9.49. The van der Waals surface area contributed by atoms with Crippen LogP contribution in [-0.4, -0.2) is 20.1 Å². The summed E-state index contributed by atoms with van der Waals surface area (Å²) >= 11 is 1.16. The zero-order valence-corrected chi connectivity index (χ0v) is 13.3. The Kier molecular flexibility index (Phi) is 3.92. The number of hydrogen-bond donors (Lipinski definition) is 2. The zero-order valence-electron chi connectivity index (χ0n) is 11.6. The Labute approximate surface area is 124 Å². The van der Waals surface area contributed by atoms with Crippen molar-refractivity contribution in [3.05, 3.63) is 16.5 Å². The van der Waals surface area contributed by atoms with Gasteiger partial charge in [0.05, 0.1) is 6.61 Å². The van der Waals surface area contributed by atoms with E-state index in [-0.39, 0.29) is 6.61 Å². The van der Waals surface area contributed by atoms with Crippen molar-refractivity contribution in [1.29, 1.82) is 0 Å². The maximum absolute atomic E-state index is 12.3. The maximum atomic E-state index is 12.3. The molecule has 4 nitrogen and oxygen atoms in total. The summed E-state index contributed by atoms with van der Waals surface area (Å²) in [6, 6.07) is 1.65. The van der Waals surface area contributed by atoms with Crippen molar-refractivity contribution in [1.82, 2.24) is 4.72 Å². The van der Waals surface area contributed by atoms with Crippen LogP contribution < -0.4 is 4.72 Å². The third kappa shape index (κ3) is 2.66. The van der Waals surface area contributed by atoms with Gasteiger partial charge in [-0.05, 0) is 55.6 Å². The van der Waals surface area contributed by atoms with E-state index in [0.717, 1.165) is 33.6 Å². The lowest BCUT2D eigenvalue weighted by Crippen LogP contribution is -2.31. The highest BCUT2D eigenvalue weighted by Crippen LogP contribution is 2.48. The largest absolute Gasteiger partial charge is 0.391 e. The number of sulfonamides is 1. The number of rotatable bonds is 5. The van der Waals surface area contributed by atoms with E-state index < -0.39 is 10.0 Å². The smallest absolute Gasteiger partial charge is 0.250 e. The highest BCUT2D eigenvalue weighted by Gasteiger charge is 2.39. The molecule has 6 heteroatoms. The molecule has 0 aromatic carbocycles. The molecule has 3 unspecified atom stereocenters. The Morgan fingerprint density at radius 1 is 1.40 bits per heavy atom. The van der Waals surface area contributed by atoms with E-state index in [1.165, 1.54) is 25.7 Å². The fourth-order valence-corrected chi connectivity index (χ4v) is 6.28. The van der Waals surface area contributed by atoms with E-state index in [9.17, 15) is 8.42 Å². The van der Waals surface area contributed by atoms with Gasteiger partial charge in [-0.25, -0.2) is 13.1 Å². The molecule has 1 heterocycles. The minimum atomic E-state index is -3.42. The number of hydrogen-bond acceptors (Lipinski definition) is 4. The van der Waals surface area contributed by atoms with E-state index in [2.05, 4.69) is 4.72 Å². The van der Waals surface area contributed by atoms with Gasteiger partial charge in [0.1, 0.15) is 4.21 Å². The zero-order chi connectivity index (χ0) is 14.3. The van der Waals surface area contributed by atoms with Crippen molar-refractivity contribution in [2.75, 3.05) is 6.54 Å². The van der Waals surface area contributed by atoms with E-state index in [1.54, 1.807) is 6.07 Å². The summed E-state index contributed by atoms with van der Waals surface area (Å²) in [6.45, 7) is 2.30. The summed E-state index contributed by atoms with van der Waals surface area (Å²) in [5.74, 6) is 2.07. The average molecular weight is 315 g/mol. The van der Waals surface area contributed by atoms with Crippen LogP contribution in [0.5, 0.6) is 0 Å². The fraction of sp³-hybridized carbons (Fsp3) is 0.714. The number of thiophene rings is 1. The van der Waals surface area contributed by atoms with Gasteiger partial charge in [-0.15, -0.1) is 11.3 Å². The van der Waals surface area contributed by atoms with Crippen LogP contribution in [0.15, 0.2) is 10.3 Å². The third-order valence-electron chi connectivity index (χ3n) is 4.83. The number of nitrogens with one attached hydrogen (secondary N) is 1. The van der Waals surface area contributed by atoms with Crippen molar-refractivity contribution < 1.29 is 13.5 Å². The Hall–Kier alpha value is -0.430. The second-order valence-corrected chi connectivity index (χ2v) is 9.25. The maximum Gasteiger partial charge on any atom is 0.250 e. The lowest BCUT2D eigenvalue weighted by Gasteiger charge is -2.21. The Morgan fingerprint density at radius 3 is 2.75 bits per heavy atom. The highest BCUT2D eigenvalue weighted by molar-refractivity contribution is 7.91. The van der Waals surface area contributed by atoms with Gasteiger partial charge in [-0.3, -0.25) is 0 Å². The minimum absolute atomic E-state index is 0.0988. The van der Waals surface area contributed by atoms with Gasteiger partial charge in [0.2, 0.25) is 10.0 Å². The SMILES string of the molecule is Cc1cc(S(=O)(=O)NCC2CC3CCC2C3)sc1CO. The lowest BCUT2D eigenvalue weighted by molar-refractivity contribution is 0.285. The van der Waals surface area contributed by atoms with Gasteiger partial charge in [0.15, 0.2) is 0 Å². The van der Waals surface area contributed by atoms with Crippen molar-refractivity contribution in [2.24, 2.45) is 17.8 Å². The predicted molar refractivity (Wildman–Crippen MR) is 79.1 cm³/mol. The first-order valence-corrected chi connectivity index (χ1v) is 9.49. The highest BCUT2D eigenvalue weighted by atomic mass is 32.2. The molecule has 3 rings (SSSR count). The molecule has 0 amide bonds. The quantitative estimate of drug-likeness (QED) is 0.876. The van der Waals surface area contributed by atoms with Gasteiger partial charge in [-0.2, -0.15) is 0 Å². The first kappa shape index (κ1) is 14.5. The average Bonchev–Trinajstić information content (AvgIpc) is 3.10. The molecule has 20 heavy (non-hydrogen) atoms. The minimum Gasteiger partial charge on any atom is -0.391 e. The number of aliphatic hydroxyl groups is 1. The van der Waals surface area contributed by atoms with Gasteiger partial charge < -0.3 is 5.11 Å². The lowest BCUT2D eigenvalue weighted by atomic mass is 9.89. The molecule has 0 aliphatic heterocycles. The molecule has 1 aromatic heterocycles. The normalized spacial score (nSPS) is 29.2. The summed E-state index contributed by atoms with van der Waals surface area (Å²) in [5, 5.41) is 9.17. The summed E-state index contributed by atoms with van der Waals surface area (Å²) < 4.78 is 27.7. The molecule has 2 N–H and O–H groups in total. The van der Waals surface area contributed by atoms with E-state index in [0.29, 0.717) is 16.7 Å². The predicted octanol–water partition coefficient (Wildman–Crippen LogP) is 2.26. The third-order valence-corrected chi connectivity index (χ3v) is 7.95. The van der Waals surface area contributed by atoms with Crippen molar-refractivity contribution in [3.63, 3.8) is 0 Å². The standard InChI is InChI=1S/C14H21NO3S2/c1-9-4-14(19-13(9)8-16)20(17,18)15-7-12-6-10-2-3-11(12)5-10/h4,10-12,15-16H,2-3,5-8H2,1H3. The topological polar surface area (TPSA) is 66.4 Å². The molecule has 2 saturated carbocycles. The summed E-state index contributed by atoms with van der Waals surface area (Å²) in [4.78, 5) is 0.727. The second kappa shape index (κ2) is 5.40. The first-order valence-electron chi connectivity index (χ1n) is 7.19. The molecule has 2 aliphatic rings. The van der Waals surface area contributed by atoms with Crippen LogP contribution >= 0.6 is 11.3 Å². The van der Waals surface area contributed by atoms with Crippen LogP contribution in [0.25, 0.3) is 0 Å². The van der Waals surface area contributed by atoms with Crippen LogP contribution in [0, 0.1) is 24.7 Å². The summed E-state index contributed by atoms with van der Waals surface area (Å²) in [5.41, 5.74) is 0.845. The second-order valence-electron chi connectivity index (χ2n) is 6.12. The molecule has 2 bridgehead atoms. The molecule has 112 valence electrons. The van der Waals surface area contributed by atoms with Gasteiger partial charge in [-0.1, -0.05) is 6.42 Å². The Balaban J connectivity index is 1.66. The Morgan fingerprint density at radius 2 is 2.20 bits per heavy atom. The summed E-state index contributed by atoms with van der Waals surface area (Å²) in [6.07, 6.45) is 5.07. The number of fused-ring (bicyclic) bond motifs is 2. The van der Waals surface area contributed by atoms with Gasteiger partial charge in [0, 0.05) is 11.4 Å². The van der Waals surface area contributed by atoms with E-state index in [1.807, 2.05) is 6.92 Å². The molecule has 2 aliphatic carbocycles. The van der Waals surface area contributed by atoms with Crippen LogP contribution in [0.1, 0.15) is 36.1 Å². The summed E-state index contributed by atoms with van der Waals surface area (Å²) in [7, 11) is -3.42. The van der Waals surface area contributed by atoms with Crippen LogP contribution in [-0.2, 0) is 16.6 Å². The molecular weight excluding hydrogens is 294 g/mol. The molecule has 2 fully saturated rings. The van der Waals surface area contributed by atoms with Gasteiger partial charge in [0.25, 0.3) is 0 Å². The van der Waals surface area contributed by atoms with Crippen molar-refractivity contribution in [3.8, 4) is 0 Å². The Bertz CT molecular complexity index is 594.